The van der Waals surface area contributed by atoms with Crippen molar-refractivity contribution >= 4 is 5.91 Å². The van der Waals surface area contributed by atoms with Crippen LogP contribution < -0.4 is 0 Å². The number of amides is 1. The van der Waals surface area contributed by atoms with Crippen LogP contribution in [0.2, 0.25) is 0 Å². The summed E-state index contributed by atoms with van der Waals surface area (Å²) in [5.41, 5.74) is 1.66. The summed E-state index contributed by atoms with van der Waals surface area (Å²) in [6.45, 7) is 1.68. The number of piperidine rings is 1. The van der Waals surface area contributed by atoms with Crippen LogP contribution in [0, 0.1) is 0 Å². The first-order valence-electron chi connectivity index (χ1n) is 7.32. The van der Waals surface area contributed by atoms with E-state index in [2.05, 4.69) is 0 Å². The Hall–Kier alpha value is -2.02. The summed E-state index contributed by atoms with van der Waals surface area (Å²) in [7, 11) is 3.23. The number of epoxide rings is 1. The Labute approximate surface area is 131 Å². The number of alkyl halides is 3. The van der Waals surface area contributed by atoms with Crippen molar-refractivity contribution in [1.82, 2.24) is 9.80 Å². The van der Waals surface area contributed by atoms with Crippen LogP contribution in [0.25, 0.3) is 0 Å². The van der Waals surface area contributed by atoms with E-state index in [4.69, 9.17) is 4.74 Å². The molecule has 122 valence electrons. The van der Waals surface area contributed by atoms with Gasteiger partial charge in [-0.2, -0.15) is 13.2 Å². The molecule has 0 radical (unpaired) electrons. The molecule has 3 aliphatic heterocycles. The van der Waals surface area contributed by atoms with Crippen molar-refractivity contribution in [2.45, 2.75) is 31.9 Å². The number of halogens is 3. The first-order valence-corrected chi connectivity index (χ1v) is 7.32. The van der Waals surface area contributed by atoms with Gasteiger partial charge in [0, 0.05) is 25.4 Å². The Kier molecular flexibility index (Phi) is 2.71. The van der Waals surface area contributed by atoms with Crippen LogP contribution in [0.3, 0.4) is 0 Å². The van der Waals surface area contributed by atoms with E-state index < -0.39 is 11.7 Å². The maximum absolute atomic E-state index is 13.4. The van der Waals surface area contributed by atoms with E-state index in [-0.39, 0.29) is 23.9 Å². The lowest BCUT2D eigenvalue weighted by molar-refractivity contribution is -0.127. The van der Waals surface area contributed by atoms with Crippen LogP contribution >= 0.6 is 0 Å². The van der Waals surface area contributed by atoms with Crippen molar-refractivity contribution in [1.29, 1.82) is 0 Å². The number of likely N-dealkylation sites (N-methyl/N-ethyl adjacent to an activating group) is 2. The van der Waals surface area contributed by atoms with E-state index in [0.29, 0.717) is 28.8 Å². The standard InChI is InChI=1S/C16H15F3N2O2/c1-7-10-11(13-15(23-13)21(3)14(10)22)8-5-4-6-9(16(17,18)19)12(8)20(7)2/h4,6,13,15H,5H2,1-3H3. The number of fused-ring (bicyclic) bond motifs is 4. The lowest BCUT2D eigenvalue weighted by Gasteiger charge is -2.39. The van der Waals surface area contributed by atoms with Crippen LogP contribution in [0.1, 0.15) is 13.3 Å². The van der Waals surface area contributed by atoms with Gasteiger partial charge < -0.3 is 14.5 Å². The molecule has 2 unspecified atom stereocenters. The van der Waals surface area contributed by atoms with Gasteiger partial charge in [-0.25, -0.2) is 0 Å². The molecule has 0 bridgehead atoms. The molecule has 0 saturated carbocycles. The Morgan fingerprint density at radius 2 is 2.00 bits per heavy atom. The second-order valence-corrected chi connectivity index (χ2v) is 6.14. The fourth-order valence-corrected chi connectivity index (χ4v) is 3.65. The van der Waals surface area contributed by atoms with Gasteiger partial charge >= 0.3 is 6.18 Å². The molecule has 23 heavy (non-hydrogen) atoms. The molecule has 4 nitrogen and oxygen atoms in total. The first-order chi connectivity index (χ1) is 10.7. The molecule has 2 saturated heterocycles. The summed E-state index contributed by atoms with van der Waals surface area (Å²) in [5, 5.41) is 0. The molecule has 1 aliphatic carbocycles. The Bertz CT molecular complexity index is 758. The number of hydrogen-bond acceptors (Lipinski definition) is 3. The molecule has 0 N–H and O–H groups in total. The molecule has 4 rings (SSSR count). The maximum Gasteiger partial charge on any atom is 0.418 e. The highest BCUT2D eigenvalue weighted by atomic mass is 19.4. The summed E-state index contributed by atoms with van der Waals surface area (Å²) >= 11 is 0. The van der Waals surface area contributed by atoms with Gasteiger partial charge in [0.05, 0.1) is 16.8 Å². The van der Waals surface area contributed by atoms with E-state index in [1.807, 2.05) is 0 Å². The Morgan fingerprint density at radius 1 is 1.30 bits per heavy atom. The number of allylic oxidation sites excluding steroid dienone is 5. The van der Waals surface area contributed by atoms with Crippen LogP contribution in [0.15, 0.2) is 45.8 Å². The predicted molar refractivity (Wildman–Crippen MR) is 75.8 cm³/mol. The molecular formula is C16H15F3N2O2. The SMILES string of the molecule is CC1=C2C(=O)N(C)C3OC3C2=C2CC=CC(C(F)(F)F)=C2N1C. The van der Waals surface area contributed by atoms with Gasteiger partial charge in [0.2, 0.25) is 0 Å². The van der Waals surface area contributed by atoms with E-state index in [1.54, 1.807) is 21.0 Å². The summed E-state index contributed by atoms with van der Waals surface area (Å²) in [6, 6.07) is 0. The molecule has 0 aromatic rings. The number of carbonyl (C=O) groups excluding carboxylic acids is 1. The second kappa shape index (κ2) is 4.29. The molecular weight excluding hydrogens is 309 g/mol. The minimum Gasteiger partial charge on any atom is -0.347 e. The van der Waals surface area contributed by atoms with Gasteiger partial charge in [-0.3, -0.25) is 4.79 Å². The summed E-state index contributed by atoms with van der Waals surface area (Å²) in [4.78, 5) is 15.6. The molecule has 2 fully saturated rings. The van der Waals surface area contributed by atoms with Crippen molar-refractivity contribution in [3.63, 3.8) is 0 Å². The molecule has 2 atom stereocenters. The fraction of sp³-hybridized carbons (Fsp3) is 0.438. The van der Waals surface area contributed by atoms with Gasteiger partial charge in [-0.05, 0) is 18.9 Å². The summed E-state index contributed by atoms with van der Waals surface area (Å²) in [6.07, 6.45) is -2.12. The van der Waals surface area contributed by atoms with E-state index >= 15 is 0 Å². The topological polar surface area (TPSA) is 36.1 Å². The zero-order valence-electron chi connectivity index (χ0n) is 12.9. The average Bonchev–Trinajstić information content (AvgIpc) is 3.27. The van der Waals surface area contributed by atoms with Crippen molar-refractivity contribution in [2.75, 3.05) is 14.1 Å². The normalized spacial score (nSPS) is 29.9. The van der Waals surface area contributed by atoms with Crippen molar-refractivity contribution in [3.8, 4) is 0 Å². The molecule has 4 aliphatic rings. The van der Waals surface area contributed by atoms with E-state index in [9.17, 15) is 18.0 Å². The predicted octanol–water partition coefficient (Wildman–Crippen LogP) is 2.48. The van der Waals surface area contributed by atoms with Crippen LogP contribution in [-0.4, -0.2) is 48.3 Å². The number of rotatable bonds is 0. The lowest BCUT2D eigenvalue weighted by Crippen LogP contribution is -2.42. The highest BCUT2D eigenvalue weighted by Crippen LogP contribution is 2.51. The molecule has 0 spiro atoms. The summed E-state index contributed by atoms with van der Waals surface area (Å²) < 4.78 is 45.8. The number of carbonyl (C=O) groups is 1. The highest BCUT2D eigenvalue weighted by Gasteiger charge is 2.56. The Morgan fingerprint density at radius 3 is 2.65 bits per heavy atom. The maximum atomic E-state index is 13.4. The van der Waals surface area contributed by atoms with E-state index in [0.717, 1.165) is 6.08 Å². The zero-order chi connectivity index (χ0) is 16.7. The van der Waals surface area contributed by atoms with Gasteiger partial charge in [0.15, 0.2) is 6.23 Å². The zero-order valence-corrected chi connectivity index (χ0v) is 12.9. The highest BCUT2D eigenvalue weighted by molar-refractivity contribution is 6.02. The monoisotopic (exact) mass is 324 g/mol. The van der Waals surface area contributed by atoms with Crippen LogP contribution in [0.4, 0.5) is 13.2 Å². The molecule has 1 amide bonds. The summed E-state index contributed by atoms with van der Waals surface area (Å²) in [5.74, 6) is -0.197. The third-order valence-corrected chi connectivity index (χ3v) is 4.92. The molecule has 0 aromatic carbocycles. The minimum atomic E-state index is -4.44. The third kappa shape index (κ3) is 1.80. The quantitative estimate of drug-likeness (QED) is 0.642. The lowest BCUT2D eigenvalue weighted by atomic mass is 9.81. The smallest absolute Gasteiger partial charge is 0.347 e. The van der Waals surface area contributed by atoms with E-state index in [1.165, 1.54) is 15.9 Å². The number of nitrogens with zero attached hydrogens (tertiary/aromatic N) is 2. The molecule has 7 heteroatoms. The van der Waals surface area contributed by atoms with Gasteiger partial charge in [0.25, 0.3) is 5.91 Å². The van der Waals surface area contributed by atoms with Crippen molar-refractivity contribution in [2.24, 2.45) is 0 Å². The first kappa shape index (κ1) is 14.6. The van der Waals surface area contributed by atoms with Gasteiger partial charge in [-0.1, -0.05) is 12.2 Å². The minimum absolute atomic E-state index is 0.142. The Balaban J connectivity index is 1.99. The number of hydrogen-bond donors (Lipinski definition) is 0. The average molecular weight is 324 g/mol. The second-order valence-electron chi connectivity index (χ2n) is 6.14. The van der Waals surface area contributed by atoms with Gasteiger partial charge in [-0.15, -0.1) is 0 Å². The van der Waals surface area contributed by atoms with Crippen molar-refractivity contribution in [3.05, 3.63) is 45.8 Å². The van der Waals surface area contributed by atoms with Crippen LogP contribution in [0.5, 0.6) is 0 Å². The number of ether oxygens (including phenoxy) is 1. The third-order valence-electron chi connectivity index (χ3n) is 4.92. The van der Waals surface area contributed by atoms with Crippen molar-refractivity contribution < 1.29 is 22.7 Å². The largest absolute Gasteiger partial charge is 0.418 e. The van der Waals surface area contributed by atoms with Crippen LogP contribution in [-0.2, 0) is 9.53 Å². The number of likely N-dealkylation sites (tertiary alicyclic amines) is 1. The van der Waals surface area contributed by atoms with Gasteiger partial charge in [0.1, 0.15) is 6.10 Å². The molecule has 3 heterocycles. The molecule has 0 aromatic heterocycles. The fourth-order valence-electron chi connectivity index (χ4n) is 3.65.